The molecule has 7 nitrogen and oxygen atoms in total. The molecule has 0 heterocycles. The summed E-state index contributed by atoms with van der Waals surface area (Å²) >= 11 is 0. The Morgan fingerprint density at radius 1 is 1.19 bits per heavy atom. The van der Waals surface area contributed by atoms with Crippen LogP contribution in [0.1, 0.15) is 50.9 Å². The average molecular weight is 495 g/mol. The zero-order valence-corrected chi connectivity index (χ0v) is 21.2. The number of rotatable bonds is 5. The minimum atomic E-state index is -1.80. The summed E-state index contributed by atoms with van der Waals surface area (Å²) in [7, 11) is 0. The fraction of sp³-hybridized carbons (Fsp3) is 0.517. The van der Waals surface area contributed by atoms with E-state index in [2.05, 4.69) is 6.58 Å². The van der Waals surface area contributed by atoms with Gasteiger partial charge in [0.05, 0.1) is 24.0 Å². The van der Waals surface area contributed by atoms with Crippen LogP contribution in [-0.2, 0) is 9.53 Å². The lowest BCUT2D eigenvalue weighted by Gasteiger charge is -2.50. The minimum Gasteiger partial charge on any atom is -0.466 e. The fourth-order valence-corrected chi connectivity index (χ4v) is 7.59. The second-order valence-electron chi connectivity index (χ2n) is 11.5. The first-order valence-electron chi connectivity index (χ1n) is 12.5. The number of esters is 1. The highest BCUT2D eigenvalue weighted by molar-refractivity contribution is 6.04. The molecular weight excluding hydrogens is 460 g/mol. The van der Waals surface area contributed by atoms with E-state index in [0.717, 1.165) is 0 Å². The van der Waals surface area contributed by atoms with Crippen LogP contribution < -0.4 is 4.74 Å². The lowest BCUT2D eigenvalue weighted by atomic mass is 9.60. The Morgan fingerprint density at radius 3 is 2.47 bits per heavy atom. The quantitative estimate of drug-likeness (QED) is 0.327. The monoisotopic (exact) mass is 494 g/mol. The molecule has 4 aliphatic rings. The standard InChI is InChI=1S/C29H34O7/c1-6-35-20-9-7-19(8-10-20)25(32)36-28-13-17(3)29(34)21(23(28)26(28,4)5)12-18(15-30)14-27(33)22(29)11-16(2)24(27)31/h6-12,17,21-23,30,33-34H,1,13-15H2,2-5H3/t17-,21+,22-,23-,27-,28+,29-/m1/s1. The maximum Gasteiger partial charge on any atom is 0.338 e. The Morgan fingerprint density at radius 2 is 1.86 bits per heavy atom. The predicted molar refractivity (Wildman–Crippen MR) is 132 cm³/mol. The Labute approximate surface area is 211 Å². The van der Waals surface area contributed by atoms with Crippen LogP contribution in [0.25, 0.3) is 0 Å². The molecule has 0 spiro atoms. The van der Waals surface area contributed by atoms with E-state index in [4.69, 9.17) is 9.47 Å². The van der Waals surface area contributed by atoms with Crippen LogP contribution in [0.4, 0.5) is 0 Å². The molecule has 0 amide bonds. The Hall–Kier alpha value is -2.74. The maximum absolute atomic E-state index is 13.3. The van der Waals surface area contributed by atoms with E-state index in [9.17, 15) is 24.9 Å². The van der Waals surface area contributed by atoms with E-state index < -0.39 is 51.7 Å². The van der Waals surface area contributed by atoms with Crippen molar-refractivity contribution in [2.75, 3.05) is 6.61 Å². The minimum absolute atomic E-state index is 0.0363. The number of aliphatic hydroxyl groups is 3. The number of ether oxygens (including phenoxy) is 2. The number of hydrogen-bond acceptors (Lipinski definition) is 7. The molecule has 3 N–H and O–H groups in total. The van der Waals surface area contributed by atoms with Crippen LogP contribution in [0.15, 0.2) is 60.4 Å². The molecule has 5 rings (SSSR count). The molecule has 2 saturated carbocycles. The van der Waals surface area contributed by atoms with E-state index in [1.165, 1.54) is 6.26 Å². The van der Waals surface area contributed by atoms with Crippen molar-refractivity contribution in [3.63, 3.8) is 0 Å². The number of carbonyl (C=O) groups excluding carboxylic acids is 2. The first kappa shape index (κ1) is 24.9. The van der Waals surface area contributed by atoms with Gasteiger partial charge in [0.1, 0.15) is 17.0 Å². The first-order chi connectivity index (χ1) is 16.9. The van der Waals surface area contributed by atoms with Crippen molar-refractivity contribution in [1.29, 1.82) is 0 Å². The number of ketones is 1. The number of hydrogen-bond donors (Lipinski definition) is 3. The normalized spacial score (nSPS) is 40.0. The van der Waals surface area contributed by atoms with Gasteiger partial charge in [-0.15, -0.1) is 0 Å². The molecule has 0 unspecified atom stereocenters. The van der Waals surface area contributed by atoms with Crippen molar-refractivity contribution in [3.8, 4) is 5.75 Å². The van der Waals surface area contributed by atoms with Gasteiger partial charge < -0.3 is 24.8 Å². The van der Waals surface area contributed by atoms with E-state index in [0.29, 0.717) is 28.9 Å². The molecule has 0 aromatic heterocycles. The third-order valence-corrected chi connectivity index (χ3v) is 9.46. The molecule has 0 radical (unpaired) electrons. The van der Waals surface area contributed by atoms with Gasteiger partial charge in [0.25, 0.3) is 0 Å². The third kappa shape index (κ3) is 3.09. The molecule has 0 saturated heterocycles. The molecule has 192 valence electrons. The lowest BCUT2D eigenvalue weighted by Crippen LogP contribution is -2.61. The Kier molecular flexibility index (Phi) is 5.46. The highest BCUT2D eigenvalue weighted by atomic mass is 16.6. The second-order valence-corrected chi connectivity index (χ2v) is 11.5. The van der Waals surface area contributed by atoms with Gasteiger partial charge in [-0.25, -0.2) is 4.79 Å². The second kappa shape index (κ2) is 7.88. The summed E-state index contributed by atoms with van der Waals surface area (Å²) in [5.41, 5.74) is -3.25. The maximum atomic E-state index is 13.3. The number of fused-ring (bicyclic) bond motifs is 5. The summed E-state index contributed by atoms with van der Waals surface area (Å²) in [6.45, 7) is 10.8. The van der Waals surface area contributed by atoms with Gasteiger partial charge in [-0.05, 0) is 54.7 Å². The van der Waals surface area contributed by atoms with Crippen LogP contribution in [0.2, 0.25) is 0 Å². The molecule has 36 heavy (non-hydrogen) atoms. The van der Waals surface area contributed by atoms with Gasteiger partial charge in [-0.2, -0.15) is 0 Å². The van der Waals surface area contributed by atoms with Gasteiger partial charge >= 0.3 is 5.97 Å². The van der Waals surface area contributed by atoms with Gasteiger partial charge in [0.15, 0.2) is 5.78 Å². The predicted octanol–water partition coefficient (Wildman–Crippen LogP) is 3.35. The lowest BCUT2D eigenvalue weighted by molar-refractivity contribution is -0.177. The molecule has 2 fully saturated rings. The SMILES string of the molecule is C=COc1ccc(C(=O)O[C@@]23C[C@@H](C)[C@@]4(O)[C@@H](C=C(CO)C[C@]5(O)C(=O)C(C)=C[C@@H]45)[C@@H]2C3(C)C)cc1. The number of carbonyl (C=O) groups is 2. The van der Waals surface area contributed by atoms with Crippen LogP contribution >= 0.6 is 0 Å². The van der Waals surface area contributed by atoms with E-state index >= 15 is 0 Å². The summed E-state index contributed by atoms with van der Waals surface area (Å²) in [5, 5.41) is 34.0. The molecule has 4 aliphatic carbocycles. The summed E-state index contributed by atoms with van der Waals surface area (Å²) in [5.74, 6) is -2.32. The number of Topliss-reactive ketones (excluding diaryl/α,β-unsaturated/α-hetero) is 1. The molecule has 0 bridgehead atoms. The molecule has 7 atom stereocenters. The highest BCUT2D eigenvalue weighted by Crippen LogP contribution is 2.76. The molecule has 0 aliphatic heterocycles. The van der Waals surface area contributed by atoms with Crippen molar-refractivity contribution in [2.24, 2.45) is 29.1 Å². The van der Waals surface area contributed by atoms with Crippen molar-refractivity contribution >= 4 is 11.8 Å². The van der Waals surface area contributed by atoms with E-state index in [1.807, 2.05) is 26.8 Å². The Balaban J connectivity index is 1.53. The zero-order valence-electron chi connectivity index (χ0n) is 21.2. The summed E-state index contributed by atoms with van der Waals surface area (Å²) in [6, 6.07) is 6.61. The van der Waals surface area contributed by atoms with Crippen LogP contribution in [-0.4, -0.2) is 50.5 Å². The number of aliphatic hydroxyl groups excluding tert-OH is 1. The van der Waals surface area contributed by atoms with Crippen LogP contribution in [0.5, 0.6) is 5.75 Å². The zero-order chi connectivity index (χ0) is 26.3. The molecule has 7 heteroatoms. The highest BCUT2D eigenvalue weighted by Gasteiger charge is 2.83. The van der Waals surface area contributed by atoms with E-state index in [1.54, 1.807) is 37.3 Å². The first-order valence-corrected chi connectivity index (χ1v) is 12.5. The topological polar surface area (TPSA) is 113 Å². The van der Waals surface area contributed by atoms with E-state index in [-0.39, 0.29) is 18.9 Å². The number of benzene rings is 1. The molecular formula is C29H34O7. The van der Waals surface area contributed by atoms with Crippen molar-refractivity contribution in [1.82, 2.24) is 0 Å². The van der Waals surface area contributed by atoms with Crippen molar-refractivity contribution in [3.05, 3.63) is 66.0 Å². The summed E-state index contributed by atoms with van der Waals surface area (Å²) in [6.07, 6.45) is 5.18. The van der Waals surface area contributed by atoms with Crippen molar-refractivity contribution < 1.29 is 34.4 Å². The largest absolute Gasteiger partial charge is 0.466 e. The van der Waals surface area contributed by atoms with Crippen LogP contribution in [0.3, 0.4) is 0 Å². The fourth-order valence-electron chi connectivity index (χ4n) is 7.59. The van der Waals surface area contributed by atoms with Gasteiger partial charge in [0, 0.05) is 29.6 Å². The van der Waals surface area contributed by atoms with Gasteiger partial charge in [-0.1, -0.05) is 39.5 Å². The van der Waals surface area contributed by atoms with Gasteiger partial charge in [-0.3, -0.25) is 4.79 Å². The molecule has 1 aromatic carbocycles. The summed E-state index contributed by atoms with van der Waals surface area (Å²) in [4.78, 5) is 26.3. The Bertz CT molecular complexity index is 1190. The van der Waals surface area contributed by atoms with Crippen LogP contribution in [0, 0.1) is 29.1 Å². The average Bonchev–Trinajstić information content (AvgIpc) is 3.24. The smallest absolute Gasteiger partial charge is 0.338 e. The van der Waals surface area contributed by atoms with Crippen molar-refractivity contribution in [2.45, 2.75) is 57.3 Å². The third-order valence-electron chi connectivity index (χ3n) is 9.46. The molecule has 1 aromatic rings. The van der Waals surface area contributed by atoms with Gasteiger partial charge in [0.2, 0.25) is 0 Å². The summed E-state index contributed by atoms with van der Waals surface area (Å²) < 4.78 is 11.5.